The van der Waals surface area contributed by atoms with Crippen LogP contribution in [0.2, 0.25) is 0 Å². The van der Waals surface area contributed by atoms with Crippen molar-refractivity contribution in [1.29, 1.82) is 0 Å². The van der Waals surface area contributed by atoms with Crippen molar-refractivity contribution >= 4 is 46.4 Å². The van der Waals surface area contributed by atoms with Gasteiger partial charge in [0.05, 0.1) is 25.6 Å². The van der Waals surface area contributed by atoms with E-state index in [2.05, 4.69) is 56.5 Å². The zero-order valence-corrected chi connectivity index (χ0v) is 32.5. The Morgan fingerprint density at radius 2 is 1.37 bits per heavy atom. The van der Waals surface area contributed by atoms with Crippen LogP contribution in [-0.4, -0.2) is 76.5 Å². The van der Waals surface area contributed by atoms with Crippen molar-refractivity contribution in [2.75, 3.05) is 35.9 Å². The molecule has 0 spiro atoms. The Kier molecular flexibility index (Phi) is 19.8. The standard InChI is InChI=1S/C34H66N5O4PS2/c1-28(2)46(29(3)4,30(5)6)23-18-16-14-12-10-8-9-11-13-15-17-21-45-22-19-20-43-44(40,41)27-42-31(7)24-39-26-38-32-33(35)36-25-37-34(32)39/h25-26,28-31H,8-24,27H2,1-7H3,(H,40,41)(H2,35,36,37)/t31-/m1/s1. The lowest BCUT2D eigenvalue weighted by Gasteiger charge is -2.51. The monoisotopic (exact) mass is 703 g/mol. The molecule has 0 saturated heterocycles. The topological polar surface area (TPSA) is 125 Å². The van der Waals surface area contributed by atoms with Crippen molar-refractivity contribution in [1.82, 2.24) is 19.5 Å². The summed E-state index contributed by atoms with van der Waals surface area (Å²) in [6, 6.07) is 0. The van der Waals surface area contributed by atoms with Crippen molar-refractivity contribution < 1.29 is 18.7 Å². The summed E-state index contributed by atoms with van der Waals surface area (Å²) in [6.45, 7) is 17.3. The van der Waals surface area contributed by atoms with Gasteiger partial charge in [0, 0.05) is 0 Å². The van der Waals surface area contributed by atoms with E-state index in [9.17, 15) is 9.46 Å². The SMILES string of the molecule is CC(C)S(CCCCCCCCCCCCCSCCCOP(=O)(O)CO[C@H](C)Cn1cnc2c(N)ncnc21)(C(C)C)C(C)C. The van der Waals surface area contributed by atoms with Gasteiger partial charge in [0.2, 0.25) is 0 Å². The molecular formula is C34H66N5O4PS2. The summed E-state index contributed by atoms with van der Waals surface area (Å²) in [4.78, 5) is 22.5. The molecule has 46 heavy (non-hydrogen) atoms. The number of imidazole rings is 1. The number of hydrogen-bond donors (Lipinski definition) is 2. The summed E-state index contributed by atoms with van der Waals surface area (Å²) < 4.78 is 25.1. The van der Waals surface area contributed by atoms with Crippen molar-refractivity contribution in [3.8, 4) is 0 Å². The van der Waals surface area contributed by atoms with Crippen LogP contribution >= 0.6 is 29.4 Å². The molecule has 0 aromatic carbocycles. The van der Waals surface area contributed by atoms with E-state index < -0.39 is 17.6 Å². The second-order valence-electron chi connectivity index (χ2n) is 13.5. The summed E-state index contributed by atoms with van der Waals surface area (Å²) in [5.74, 6) is 3.86. The molecule has 0 aliphatic rings. The maximum atomic E-state index is 12.4. The van der Waals surface area contributed by atoms with E-state index in [1.54, 1.807) is 10.9 Å². The molecule has 3 N–H and O–H groups in total. The Morgan fingerprint density at radius 1 is 0.826 bits per heavy atom. The van der Waals surface area contributed by atoms with Crippen molar-refractivity contribution in [2.24, 2.45) is 0 Å². The van der Waals surface area contributed by atoms with Gasteiger partial charge in [-0.1, -0.05) is 99.3 Å². The quantitative estimate of drug-likeness (QED) is 0.0691. The lowest BCUT2D eigenvalue weighted by molar-refractivity contribution is 0.0718. The van der Waals surface area contributed by atoms with E-state index in [0.29, 0.717) is 23.5 Å². The molecule has 2 aromatic rings. The summed E-state index contributed by atoms with van der Waals surface area (Å²) in [7, 11) is -4.33. The molecule has 12 heteroatoms. The van der Waals surface area contributed by atoms with E-state index in [4.69, 9.17) is 15.0 Å². The maximum absolute atomic E-state index is 12.4. The summed E-state index contributed by atoms with van der Waals surface area (Å²) in [5, 5.41) is 2.50. The molecule has 2 heterocycles. The maximum Gasteiger partial charge on any atom is 0.353 e. The average molecular weight is 704 g/mol. The zero-order valence-electron chi connectivity index (χ0n) is 30.0. The smallest absolute Gasteiger partial charge is 0.353 e. The normalized spacial score (nSPS) is 14.9. The molecule has 2 rings (SSSR count). The number of thioether (sulfide) groups is 1. The first-order chi connectivity index (χ1) is 21.9. The summed E-state index contributed by atoms with van der Waals surface area (Å²) in [6.07, 6.45) is 18.1. The predicted octanol–water partition coefficient (Wildman–Crippen LogP) is 9.42. The van der Waals surface area contributed by atoms with E-state index in [0.717, 1.165) is 33.7 Å². The number of fused-ring (bicyclic) bond motifs is 1. The zero-order chi connectivity index (χ0) is 34.0. The highest BCUT2D eigenvalue weighted by Gasteiger charge is 2.33. The van der Waals surface area contributed by atoms with E-state index in [1.165, 1.54) is 82.7 Å². The Hall–Kier alpha value is -0.840. The molecule has 1 unspecified atom stereocenters. The number of nitrogens with two attached hydrogens (primary N) is 1. The number of aromatic nitrogens is 4. The van der Waals surface area contributed by atoms with Gasteiger partial charge in [0.1, 0.15) is 18.2 Å². The highest BCUT2D eigenvalue weighted by Crippen LogP contribution is 2.60. The third-order valence-corrected chi connectivity index (χ3v) is 17.5. The summed E-state index contributed by atoms with van der Waals surface area (Å²) in [5.41, 5.74) is 6.96. The fourth-order valence-electron chi connectivity index (χ4n) is 6.58. The van der Waals surface area contributed by atoms with Crippen LogP contribution in [0.5, 0.6) is 0 Å². The van der Waals surface area contributed by atoms with E-state index in [1.807, 2.05) is 18.7 Å². The van der Waals surface area contributed by atoms with Crippen LogP contribution in [0.15, 0.2) is 12.7 Å². The van der Waals surface area contributed by atoms with Crippen LogP contribution in [0.3, 0.4) is 0 Å². The van der Waals surface area contributed by atoms with Crippen LogP contribution in [0.25, 0.3) is 11.2 Å². The largest absolute Gasteiger partial charge is 0.382 e. The minimum atomic E-state index is -3.80. The second kappa shape index (κ2) is 22.0. The van der Waals surface area contributed by atoms with Gasteiger partial charge in [-0.2, -0.15) is 11.8 Å². The number of rotatable bonds is 27. The Labute approximate surface area is 286 Å². The predicted molar refractivity (Wildman–Crippen MR) is 202 cm³/mol. The van der Waals surface area contributed by atoms with Gasteiger partial charge in [-0.15, -0.1) is 0 Å². The second-order valence-corrected chi connectivity index (χ2v) is 21.6. The first kappa shape index (κ1) is 41.3. The van der Waals surface area contributed by atoms with Crippen LogP contribution in [-0.2, 0) is 20.4 Å². The molecule has 0 fully saturated rings. The van der Waals surface area contributed by atoms with Crippen molar-refractivity contribution in [3.63, 3.8) is 0 Å². The number of nitrogens with zero attached hydrogens (tertiary/aromatic N) is 4. The van der Waals surface area contributed by atoms with Crippen LogP contribution in [0.4, 0.5) is 5.82 Å². The first-order valence-electron chi connectivity index (χ1n) is 17.7. The van der Waals surface area contributed by atoms with Gasteiger partial charge < -0.3 is 24.5 Å². The third-order valence-electron chi connectivity index (χ3n) is 9.05. The number of unbranched alkanes of at least 4 members (excludes halogenated alkanes) is 10. The molecule has 0 bridgehead atoms. The first-order valence-corrected chi connectivity index (χ1v) is 22.7. The fourth-order valence-corrected chi connectivity index (χ4v) is 13.8. The van der Waals surface area contributed by atoms with Crippen molar-refractivity contribution in [3.05, 3.63) is 12.7 Å². The molecule has 0 aliphatic heterocycles. The highest BCUT2D eigenvalue weighted by molar-refractivity contribution is 8.35. The molecule has 268 valence electrons. The van der Waals surface area contributed by atoms with Gasteiger partial charge in [-0.25, -0.2) is 25.0 Å². The van der Waals surface area contributed by atoms with Gasteiger partial charge in [0.25, 0.3) is 0 Å². The summed E-state index contributed by atoms with van der Waals surface area (Å²) >= 11 is 1.90. The minimum absolute atomic E-state index is 0.260. The van der Waals surface area contributed by atoms with Gasteiger partial charge in [-0.3, -0.25) is 4.57 Å². The van der Waals surface area contributed by atoms with E-state index >= 15 is 0 Å². The Bertz CT molecular complexity index is 1130. The van der Waals surface area contributed by atoms with Gasteiger partial charge in [-0.05, 0) is 59.2 Å². The molecular weight excluding hydrogens is 638 g/mol. The van der Waals surface area contributed by atoms with Crippen LogP contribution < -0.4 is 5.73 Å². The van der Waals surface area contributed by atoms with Crippen LogP contribution in [0, 0.1) is 0 Å². The number of anilines is 1. The van der Waals surface area contributed by atoms with E-state index in [-0.39, 0.29) is 19.1 Å². The van der Waals surface area contributed by atoms with Gasteiger partial charge >= 0.3 is 7.60 Å². The number of ether oxygens (including phenoxy) is 1. The Balaban J connectivity index is 1.39. The molecule has 2 aromatic heterocycles. The average Bonchev–Trinajstić information content (AvgIpc) is 3.40. The molecule has 0 saturated carbocycles. The lowest BCUT2D eigenvalue weighted by atomic mass is 10.1. The number of nitrogen functional groups attached to an aromatic ring is 1. The Morgan fingerprint density at radius 3 is 1.96 bits per heavy atom. The molecule has 0 aliphatic carbocycles. The highest BCUT2D eigenvalue weighted by atomic mass is 32.3. The van der Waals surface area contributed by atoms with Crippen LogP contribution in [0.1, 0.15) is 126 Å². The molecule has 2 atom stereocenters. The minimum Gasteiger partial charge on any atom is -0.382 e. The third kappa shape index (κ3) is 14.3. The van der Waals surface area contributed by atoms with Gasteiger partial charge in [0.15, 0.2) is 11.5 Å². The lowest BCUT2D eigenvalue weighted by Crippen LogP contribution is -2.31. The fraction of sp³-hybridized carbons (Fsp3) is 0.853. The van der Waals surface area contributed by atoms with Crippen molar-refractivity contribution in [2.45, 2.75) is 154 Å². The number of hydrogen-bond acceptors (Lipinski definition) is 8. The molecule has 0 radical (unpaired) electrons. The molecule has 0 amide bonds. The molecule has 9 nitrogen and oxygen atoms in total.